The topological polar surface area (TPSA) is 17.1 Å². The van der Waals surface area contributed by atoms with Crippen LogP contribution >= 0.6 is 0 Å². The second-order valence-electron chi connectivity index (χ2n) is 6.71. The molecule has 1 heteroatoms. The maximum absolute atomic E-state index is 10.4. The summed E-state index contributed by atoms with van der Waals surface area (Å²) in [6.45, 7) is 2.35. The van der Waals surface area contributed by atoms with E-state index in [1.165, 1.54) is 57.8 Å². The molecule has 2 aliphatic rings. The summed E-state index contributed by atoms with van der Waals surface area (Å²) < 4.78 is 0. The Hall–Kier alpha value is -0.330. The Bertz CT molecular complexity index is 232. The van der Waals surface area contributed by atoms with Crippen molar-refractivity contribution in [3.05, 3.63) is 0 Å². The maximum Gasteiger partial charge on any atom is 0.120 e. The van der Waals surface area contributed by atoms with E-state index < -0.39 is 0 Å². The van der Waals surface area contributed by atoms with Crippen molar-refractivity contribution in [3.63, 3.8) is 0 Å². The Morgan fingerprint density at radius 3 is 1.78 bits per heavy atom. The third kappa shape index (κ3) is 3.83. The largest absolute Gasteiger partial charge is 0.303 e. The number of carbonyl (C=O) groups excluding carboxylic acids is 1. The maximum atomic E-state index is 10.4. The van der Waals surface area contributed by atoms with Crippen LogP contribution in [0.2, 0.25) is 0 Å². The van der Waals surface area contributed by atoms with Crippen LogP contribution in [0.25, 0.3) is 0 Å². The Kier molecular flexibility index (Phi) is 5.72. The molecule has 0 amide bonds. The van der Waals surface area contributed by atoms with Crippen molar-refractivity contribution in [1.82, 2.24) is 0 Å². The van der Waals surface area contributed by atoms with Gasteiger partial charge in [-0.25, -0.2) is 0 Å². The van der Waals surface area contributed by atoms with Crippen molar-refractivity contribution in [3.8, 4) is 0 Å². The number of carbonyl (C=O) groups is 1. The first-order valence-corrected chi connectivity index (χ1v) is 8.27. The lowest BCUT2D eigenvalue weighted by Gasteiger charge is -2.37. The zero-order chi connectivity index (χ0) is 12.8. The molecule has 0 N–H and O–H groups in total. The molecular formula is C17H30O. The highest BCUT2D eigenvalue weighted by molar-refractivity contribution is 5.49. The predicted molar refractivity (Wildman–Crippen MR) is 76.5 cm³/mol. The van der Waals surface area contributed by atoms with Crippen LogP contribution in [-0.4, -0.2) is 6.29 Å². The Morgan fingerprint density at radius 1 is 0.833 bits per heavy atom. The van der Waals surface area contributed by atoms with E-state index in [9.17, 15) is 4.79 Å². The minimum Gasteiger partial charge on any atom is -0.303 e. The molecule has 0 bridgehead atoms. The summed E-state index contributed by atoms with van der Waals surface area (Å²) >= 11 is 0. The van der Waals surface area contributed by atoms with Crippen molar-refractivity contribution in [2.24, 2.45) is 23.7 Å². The summed E-state index contributed by atoms with van der Waals surface area (Å²) in [6, 6.07) is 0. The third-order valence-electron chi connectivity index (χ3n) is 5.72. The number of hydrogen-bond acceptors (Lipinski definition) is 1. The highest BCUT2D eigenvalue weighted by Gasteiger charge is 2.30. The molecule has 2 saturated carbocycles. The average molecular weight is 250 g/mol. The molecule has 0 aliphatic heterocycles. The minimum absolute atomic E-state index is 0.789. The Labute approximate surface area is 113 Å². The normalized spacial score (nSPS) is 37.4. The van der Waals surface area contributed by atoms with Crippen LogP contribution in [0.4, 0.5) is 0 Å². The third-order valence-corrected chi connectivity index (χ3v) is 5.72. The summed E-state index contributed by atoms with van der Waals surface area (Å²) in [5, 5.41) is 0. The second kappa shape index (κ2) is 7.31. The summed E-state index contributed by atoms with van der Waals surface area (Å²) in [7, 11) is 0. The van der Waals surface area contributed by atoms with Gasteiger partial charge in [-0.1, -0.05) is 39.0 Å². The zero-order valence-electron chi connectivity index (χ0n) is 12.1. The predicted octanol–water partition coefficient (Wildman–Crippen LogP) is 4.99. The lowest BCUT2D eigenvalue weighted by atomic mass is 9.68. The highest BCUT2D eigenvalue weighted by atomic mass is 16.1. The smallest absolute Gasteiger partial charge is 0.120 e. The van der Waals surface area contributed by atoms with Gasteiger partial charge in [0.05, 0.1) is 0 Å². The van der Waals surface area contributed by atoms with E-state index in [1.807, 2.05) is 0 Å². The molecule has 2 fully saturated rings. The van der Waals surface area contributed by atoms with Crippen molar-refractivity contribution in [1.29, 1.82) is 0 Å². The van der Waals surface area contributed by atoms with Gasteiger partial charge in [-0.3, -0.25) is 0 Å². The van der Waals surface area contributed by atoms with E-state index in [0.717, 1.165) is 42.8 Å². The van der Waals surface area contributed by atoms with Gasteiger partial charge in [-0.05, 0) is 55.8 Å². The molecule has 0 spiro atoms. The molecule has 1 nitrogen and oxygen atoms in total. The van der Waals surface area contributed by atoms with Gasteiger partial charge in [0.15, 0.2) is 0 Å². The fraction of sp³-hybridized carbons (Fsp3) is 0.941. The summed E-state index contributed by atoms with van der Waals surface area (Å²) in [5.41, 5.74) is 0. The van der Waals surface area contributed by atoms with Crippen LogP contribution in [0.3, 0.4) is 0 Å². The van der Waals surface area contributed by atoms with E-state index in [2.05, 4.69) is 6.92 Å². The standard InChI is InChI=1S/C17H30O/c1-2-14-5-9-16(10-6-14)17-11-7-15(8-12-17)4-3-13-18/h13-17H,2-12H2,1H3/t14-,15?,16-,17?. The molecule has 0 atom stereocenters. The molecule has 104 valence electrons. The molecule has 0 aromatic carbocycles. The van der Waals surface area contributed by atoms with E-state index in [-0.39, 0.29) is 0 Å². The van der Waals surface area contributed by atoms with Gasteiger partial charge >= 0.3 is 0 Å². The summed E-state index contributed by atoms with van der Waals surface area (Å²) in [4.78, 5) is 10.4. The highest BCUT2D eigenvalue weighted by Crippen LogP contribution is 2.42. The van der Waals surface area contributed by atoms with Crippen LogP contribution in [0.1, 0.15) is 77.6 Å². The molecule has 18 heavy (non-hydrogen) atoms. The molecular weight excluding hydrogens is 220 g/mol. The minimum atomic E-state index is 0.789. The van der Waals surface area contributed by atoms with Gasteiger partial charge < -0.3 is 4.79 Å². The van der Waals surface area contributed by atoms with Gasteiger partial charge in [0, 0.05) is 6.42 Å². The monoisotopic (exact) mass is 250 g/mol. The molecule has 0 unspecified atom stereocenters. The molecule has 0 heterocycles. The first kappa shape index (κ1) is 14.1. The molecule has 0 aromatic heterocycles. The van der Waals surface area contributed by atoms with Gasteiger partial charge in [0.25, 0.3) is 0 Å². The average Bonchev–Trinajstić information content (AvgIpc) is 2.46. The van der Waals surface area contributed by atoms with Gasteiger partial charge in [-0.15, -0.1) is 0 Å². The van der Waals surface area contributed by atoms with Crippen molar-refractivity contribution in [2.45, 2.75) is 77.6 Å². The lowest BCUT2D eigenvalue weighted by molar-refractivity contribution is -0.108. The van der Waals surface area contributed by atoms with Gasteiger partial charge in [-0.2, -0.15) is 0 Å². The number of hydrogen-bond donors (Lipinski definition) is 0. The molecule has 2 rings (SSSR count). The number of aldehydes is 1. The van der Waals surface area contributed by atoms with E-state index in [0.29, 0.717) is 0 Å². The second-order valence-corrected chi connectivity index (χ2v) is 6.71. The van der Waals surface area contributed by atoms with Crippen molar-refractivity contribution >= 4 is 6.29 Å². The molecule has 0 aromatic rings. The van der Waals surface area contributed by atoms with Gasteiger partial charge in [0.2, 0.25) is 0 Å². The first-order valence-electron chi connectivity index (χ1n) is 8.27. The zero-order valence-corrected chi connectivity index (χ0v) is 12.1. The van der Waals surface area contributed by atoms with Gasteiger partial charge in [0.1, 0.15) is 6.29 Å². The summed E-state index contributed by atoms with van der Waals surface area (Å²) in [6.07, 6.45) is 16.1. The van der Waals surface area contributed by atoms with Crippen LogP contribution in [-0.2, 0) is 4.79 Å². The number of rotatable bonds is 5. The Morgan fingerprint density at radius 2 is 1.33 bits per heavy atom. The van der Waals surface area contributed by atoms with E-state index in [4.69, 9.17) is 0 Å². The van der Waals surface area contributed by atoms with E-state index >= 15 is 0 Å². The fourth-order valence-corrected chi connectivity index (χ4v) is 4.32. The lowest BCUT2D eigenvalue weighted by Crippen LogP contribution is -2.25. The quantitative estimate of drug-likeness (QED) is 0.628. The fourth-order valence-electron chi connectivity index (χ4n) is 4.32. The van der Waals surface area contributed by atoms with Crippen molar-refractivity contribution < 1.29 is 4.79 Å². The Balaban J connectivity index is 1.68. The SMILES string of the molecule is CC[C@H]1CC[C@H](C2CCC(CCC=O)CC2)CC1. The van der Waals surface area contributed by atoms with Crippen molar-refractivity contribution in [2.75, 3.05) is 0 Å². The summed E-state index contributed by atoms with van der Waals surface area (Å²) in [5.74, 6) is 3.96. The first-order chi connectivity index (χ1) is 8.83. The molecule has 0 saturated heterocycles. The van der Waals surface area contributed by atoms with Crippen LogP contribution < -0.4 is 0 Å². The molecule has 0 radical (unpaired) electrons. The molecule has 2 aliphatic carbocycles. The van der Waals surface area contributed by atoms with Crippen LogP contribution in [0, 0.1) is 23.7 Å². The van der Waals surface area contributed by atoms with E-state index in [1.54, 1.807) is 0 Å². The van der Waals surface area contributed by atoms with Crippen LogP contribution in [0.15, 0.2) is 0 Å². The van der Waals surface area contributed by atoms with Crippen LogP contribution in [0.5, 0.6) is 0 Å².